The number of hydrogen-bond donors (Lipinski definition) is 2. The fraction of sp³-hybridized carbons (Fsp3) is 0.111. The maximum Gasteiger partial charge on any atom is 0.0601 e. The largest absolute Gasteiger partial charge is 0.355 e. The Kier molecular flexibility index (Phi) is 3.60. The van der Waals surface area contributed by atoms with Crippen molar-refractivity contribution in [3.05, 3.63) is 69.5 Å². The zero-order valence-electron chi connectivity index (χ0n) is 11.8. The third kappa shape index (κ3) is 2.41. The topological polar surface area (TPSA) is 38.0 Å². The monoisotopic (exact) mass is 370 g/mol. The highest BCUT2D eigenvalue weighted by molar-refractivity contribution is 9.14. The van der Waals surface area contributed by atoms with E-state index in [1.807, 2.05) is 0 Å². The minimum atomic E-state index is 0.0523. The van der Waals surface area contributed by atoms with Gasteiger partial charge in [0, 0.05) is 22.5 Å². The van der Waals surface area contributed by atoms with Crippen LogP contribution in [-0.4, -0.2) is 5.37 Å². The molecule has 2 heterocycles. The summed E-state index contributed by atoms with van der Waals surface area (Å²) in [4.78, 5) is 0. The third-order valence-electron chi connectivity index (χ3n) is 3.99. The number of fused-ring (bicyclic) bond motifs is 4. The van der Waals surface area contributed by atoms with Crippen molar-refractivity contribution in [2.45, 2.75) is 11.8 Å². The van der Waals surface area contributed by atoms with Gasteiger partial charge < -0.3 is 11.1 Å². The Morgan fingerprint density at radius 1 is 1.00 bits per heavy atom. The summed E-state index contributed by atoms with van der Waals surface area (Å²) in [7, 11) is 0. The molecule has 0 spiro atoms. The average molecular weight is 371 g/mol. The molecule has 2 aliphatic rings. The Labute approximate surface area is 142 Å². The van der Waals surface area contributed by atoms with Crippen LogP contribution in [0.5, 0.6) is 0 Å². The molecule has 0 fully saturated rings. The summed E-state index contributed by atoms with van der Waals surface area (Å²) in [6.45, 7) is 0. The molecule has 0 amide bonds. The van der Waals surface area contributed by atoms with Crippen LogP contribution in [0.4, 0.5) is 11.4 Å². The second kappa shape index (κ2) is 5.61. The van der Waals surface area contributed by atoms with Gasteiger partial charge in [0.25, 0.3) is 0 Å². The fourth-order valence-electron chi connectivity index (χ4n) is 3.05. The van der Waals surface area contributed by atoms with Gasteiger partial charge in [0.2, 0.25) is 0 Å². The second-order valence-corrected chi connectivity index (χ2v) is 8.08. The summed E-state index contributed by atoms with van der Waals surface area (Å²) in [5.41, 5.74) is 13.6. The van der Waals surface area contributed by atoms with Crippen LogP contribution in [0.2, 0.25) is 0 Å². The zero-order chi connectivity index (χ0) is 15.1. The maximum absolute atomic E-state index is 6.30. The van der Waals surface area contributed by atoms with E-state index in [0.29, 0.717) is 0 Å². The van der Waals surface area contributed by atoms with Gasteiger partial charge in [-0.15, -0.1) is 0 Å². The maximum atomic E-state index is 6.30. The normalized spacial score (nSPS) is 19.9. The van der Waals surface area contributed by atoms with Crippen LogP contribution in [0.3, 0.4) is 0 Å². The van der Waals surface area contributed by atoms with Crippen molar-refractivity contribution in [2.24, 2.45) is 5.73 Å². The van der Waals surface area contributed by atoms with E-state index < -0.39 is 0 Å². The lowest BCUT2D eigenvalue weighted by Crippen LogP contribution is -2.15. The molecule has 22 heavy (non-hydrogen) atoms. The number of nitrogens with one attached hydrogen (secondary N) is 1. The van der Waals surface area contributed by atoms with Gasteiger partial charge in [0.1, 0.15) is 0 Å². The first kappa shape index (κ1) is 14.1. The molecule has 1 atom stereocenters. The molecular weight excluding hydrogens is 356 g/mol. The molecule has 4 rings (SSSR count). The van der Waals surface area contributed by atoms with E-state index in [0.717, 1.165) is 21.6 Å². The van der Waals surface area contributed by atoms with Crippen LogP contribution in [0.15, 0.2) is 58.4 Å². The minimum absolute atomic E-state index is 0.0523. The first-order valence-corrected chi connectivity index (χ1v) is 8.88. The molecule has 0 bridgehead atoms. The molecule has 2 aromatic carbocycles. The molecule has 2 aromatic rings. The summed E-state index contributed by atoms with van der Waals surface area (Å²) in [6, 6.07) is 16.9. The van der Waals surface area contributed by atoms with E-state index in [-0.39, 0.29) is 5.37 Å². The Morgan fingerprint density at radius 3 is 2.41 bits per heavy atom. The van der Waals surface area contributed by atoms with Crippen molar-refractivity contribution in [3.8, 4) is 0 Å². The molecule has 0 saturated carbocycles. The van der Waals surface area contributed by atoms with Crippen LogP contribution < -0.4 is 11.1 Å². The standard InChI is InChI=1S/C18H15BrN2S/c19-17-9-13-11-5-1-3-7-15(11)21-16-8-4-2-6-12(16)14(13)10-18(20)22-17/h1-9,18,21H,10,20H2. The highest BCUT2D eigenvalue weighted by Crippen LogP contribution is 2.46. The van der Waals surface area contributed by atoms with Gasteiger partial charge in [-0.1, -0.05) is 48.2 Å². The molecule has 2 aliphatic heterocycles. The number of halogens is 1. The van der Waals surface area contributed by atoms with Gasteiger partial charge in [0.15, 0.2) is 0 Å². The van der Waals surface area contributed by atoms with Crippen LogP contribution in [-0.2, 0) is 0 Å². The molecule has 0 radical (unpaired) electrons. The van der Waals surface area contributed by atoms with E-state index in [2.05, 4.69) is 75.9 Å². The van der Waals surface area contributed by atoms with Crippen LogP contribution in [0.1, 0.15) is 17.5 Å². The molecule has 4 heteroatoms. The molecule has 1 unspecified atom stereocenters. The third-order valence-corrected chi connectivity index (χ3v) is 5.59. The molecular formula is C18H15BrN2S. The lowest BCUT2D eigenvalue weighted by Gasteiger charge is -2.14. The molecule has 110 valence electrons. The highest BCUT2D eigenvalue weighted by atomic mass is 79.9. The number of para-hydroxylation sites is 2. The van der Waals surface area contributed by atoms with Crippen molar-refractivity contribution in [2.75, 3.05) is 5.32 Å². The predicted molar refractivity (Wildman–Crippen MR) is 100 cm³/mol. The molecule has 3 N–H and O–H groups in total. The van der Waals surface area contributed by atoms with Crippen molar-refractivity contribution >= 4 is 50.2 Å². The van der Waals surface area contributed by atoms with Gasteiger partial charge in [-0.2, -0.15) is 0 Å². The molecule has 0 aliphatic carbocycles. The summed E-state index contributed by atoms with van der Waals surface area (Å²) in [5, 5.41) is 3.63. The van der Waals surface area contributed by atoms with Gasteiger partial charge in [-0.3, -0.25) is 0 Å². The molecule has 2 nitrogen and oxygen atoms in total. The number of nitrogens with two attached hydrogens (primary N) is 1. The van der Waals surface area contributed by atoms with Crippen molar-refractivity contribution in [1.82, 2.24) is 0 Å². The Balaban J connectivity index is 2.06. The zero-order valence-corrected chi connectivity index (χ0v) is 14.2. The van der Waals surface area contributed by atoms with Gasteiger partial charge in [0.05, 0.1) is 9.19 Å². The summed E-state index contributed by atoms with van der Waals surface area (Å²) in [5.74, 6) is 0. The lowest BCUT2D eigenvalue weighted by atomic mass is 9.92. The van der Waals surface area contributed by atoms with E-state index in [4.69, 9.17) is 5.73 Å². The van der Waals surface area contributed by atoms with Gasteiger partial charge in [-0.25, -0.2) is 0 Å². The lowest BCUT2D eigenvalue weighted by molar-refractivity contribution is 0.954. The van der Waals surface area contributed by atoms with Crippen molar-refractivity contribution in [3.63, 3.8) is 0 Å². The summed E-state index contributed by atoms with van der Waals surface area (Å²) < 4.78 is 1.08. The predicted octanol–water partition coefficient (Wildman–Crippen LogP) is 5.31. The van der Waals surface area contributed by atoms with Crippen LogP contribution in [0.25, 0.3) is 11.1 Å². The number of rotatable bonds is 0. The van der Waals surface area contributed by atoms with E-state index in [1.54, 1.807) is 11.8 Å². The average Bonchev–Trinajstić information content (AvgIpc) is 2.73. The number of benzene rings is 2. The number of thioether (sulfide) groups is 1. The van der Waals surface area contributed by atoms with Crippen molar-refractivity contribution < 1.29 is 0 Å². The first-order chi connectivity index (χ1) is 10.7. The quantitative estimate of drug-likeness (QED) is 0.659. The van der Waals surface area contributed by atoms with Gasteiger partial charge >= 0.3 is 0 Å². The summed E-state index contributed by atoms with van der Waals surface area (Å²) >= 11 is 5.33. The molecule has 0 aromatic heterocycles. The van der Waals surface area contributed by atoms with Crippen LogP contribution >= 0.6 is 27.7 Å². The van der Waals surface area contributed by atoms with E-state index in [9.17, 15) is 0 Å². The SMILES string of the molecule is NC1CC2=C(C=C(Br)S1)c1ccccc1Nc1ccccc12. The van der Waals surface area contributed by atoms with Crippen molar-refractivity contribution in [1.29, 1.82) is 0 Å². The van der Waals surface area contributed by atoms with Gasteiger partial charge in [-0.05, 0) is 51.7 Å². The smallest absolute Gasteiger partial charge is 0.0601 e. The highest BCUT2D eigenvalue weighted by Gasteiger charge is 2.24. The fourth-order valence-corrected chi connectivity index (χ4v) is 4.73. The van der Waals surface area contributed by atoms with E-state index >= 15 is 0 Å². The number of anilines is 2. The summed E-state index contributed by atoms with van der Waals surface area (Å²) in [6.07, 6.45) is 3.05. The Bertz CT molecular complexity index is 810. The Morgan fingerprint density at radius 2 is 1.64 bits per heavy atom. The second-order valence-electron chi connectivity index (χ2n) is 5.42. The molecule has 0 saturated heterocycles. The Hall–Kier alpha value is -1.49. The number of allylic oxidation sites excluding steroid dienone is 2. The number of hydrogen-bond acceptors (Lipinski definition) is 3. The first-order valence-electron chi connectivity index (χ1n) is 7.21. The minimum Gasteiger partial charge on any atom is -0.355 e. The van der Waals surface area contributed by atoms with Crippen LogP contribution in [0, 0.1) is 0 Å². The van der Waals surface area contributed by atoms with E-state index in [1.165, 1.54) is 22.3 Å².